The van der Waals surface area contributed by atoms with Crippen molar-refractivity contribution in [3.8, 4) is 0 Å². The molecule has 6 heteroatoms. The minimum atomic E-state index is -0.927. The molecule has 4 aromatic rings. The van der Waals surface area contributed by atoms with Gasteiger partial charge < -0.3 is 20.1 Å². The molecule has 0 saturated heterocycles. The fourth-order valence-electron chi connectivity index (χ4n) is 3.70. The maximum Gasteiger partial charge on any atom is 0.152 e. The number of hydrogen-bond donors (Lipinski definition) is 2. The molecule has 0 spiro atoms. The number of nitrogens with two attached hydrogens (primary N) is 1. The van der Waals surface area contributed by atoms with Gasteiger partial charge in [0, 0.05) is 12.0 Å². The smallest absolute Gasteiger partial charge is 0.152 e. The number of benzene rings is 2. The molecule has 0 unspecified atom stereocenters. The van der Waals surface area contributed by atoms with Crippen LogP contribution < -0.4 is 5.73 Å². The molecule has 0 saturated carbocycles. The highest BCUT2D eigenvalue weighted by atomic mass is 16.5. The van der Waals surface area contributed by atoms with Gasteiger partial charge in [0.1, 0.15) is 17.9 Å². The zero-order valence-electron chi connectivity index (χ0n) is 18.2. The zero-order valence-corrected chi connectivity index (χ0v) is 18.2. The molecule has 6 nitrogen and oxygen atoms in total. The van der Waals surface area contributed by atoms with Crippen LogP contribution in [0.5, 0.6) is 0 Å². The first kappa shape index (κ1) is 21.0. The largest absolute Gasteiger partial charge is 0.389 e. The highest BCUT2D eigenvalue weighted by Crippen LogP contribution is 2.31. The van der Waals surface area contributed by atoms with Crippen LogP contribution in [0.3, 0.4) is 0 Å². The second-order valence-electron chi connectivity index (χ2n) is 8.28. The normalized spacial score (nSPS) is 12.4. The van der Waals surface area contributed by atoms with Crippen LogP contribution in [0.15, 0.2) is 48.5 Å². The average Bonchev–Trinajstić information content (AvgIpc) is 3.09. The predicted octanol–water partition coefficient (Wildman–Crippen LogP) is 4.64. The molecule has 0 fully saturated rings. The van der Waals surface area contributed by atoms with Gasteiger partial charge in [-0.25, -0.2) is 9.97 Å². The van der Waals surface area contributed by atoms with Crippen molar-refractivity contribution in [3.05, 3.63) is 65.5 Å². The SMILES string of the molecule is CCOCc1nc2c(N)nc3ccc(C=Cc4ccccc4)cc3c2n1CC(C)(C)O. The second-order valence-corrected chi connectivity index (χ2v) is 8.28. The van der Waals surface area contributed by atoms with E-state index in [-0.39, 0.29) is 0 Å². The van der Waals surface area contributed by atoms with Crippen LogP contribution >= 0.6 is 0 Å². The Bertz CT molecular complexity index is 1240. The lowest BCUT2D eigenvalue weighted by molar-refractivity contribution is 0.0582. The van der Waals surface area contributed by atoms with E-state index >= 15 is 0 Å². The summed E-state index contributed by atoms with van der Waals surface area (Å²) in [6.07, 6.45) is 4.16. The molecule has 4 rings (SSSR count). The van der Waals surface area contributed by atoms with Crippen molar-refractivity contribution >= 4 is 39.9 Å². The predicted molar refractivity (Wildman–Crippen MR) is 126 cm³/mol. The summed E-state index contributed by atoms with van der Waals surface area (Å²) < 4.78 is 7.64. The number of aliphatic hydroxyl groups is 1. The Morgan fingerprint density at radius 3 is 2.52 bits per heavy atom. The minimum absolute atomic E-state index is 0.343. The van der Waals surface area contributed by atoms with Gasteiger partial charge in [0.05, 0.1) is 23.2 Å². The van der Waals surface area contributed by atoms with E-state index in [9.17, 15) is 5.11 Å². The van der Waals surface area contributed by atoms with Gasteiger partial charge in [-0.15, -0.1) is 0 Å². The Morgan fingerprint density at radius 1 is 1.06 bits per heavy atom. The van der Waals surface area contributed by atoms with Crippen molar-refractivity contribution in [2.75, 3.05) is 12.3 Å². The van der Waals surface area contributed by atoms with Gasteiger partial charge in [-0.05, 0) is 44.0 Å². The molecule has 0 bridgehead atoms. The molecular weight excluding hydrogens is 388 g/mol. The summed E-state index contributed by atoms with van der Waals surface area (Å²) in [5, 5.41) is 11.5. The van der Waals surface area contributed by atoms with Crippen molar-refractivity contribution in [1.29, 1.82) is 0 Å². The van der Waals surface area contributed by atoms with E-state index in [4.69, 9.17) is 15.5 Å². The first-order valence-electron chi connectivity index (χ1n) is 10.5. The van der Waals surface area contributed by atoms with E-state index in [0.717, 1.165) is 33.4 Å². The number of nitrogen functional groups attached to an aromatic ring is 1. The average molecular weight is 417 g/mol. The molecule has 2 aromatic carbocycles. The number of ether oxygens (including phenoxy) is 1. The third-order valence-corrected chi connectivity index (χ3v) is 5.05. The lowest BCUT2D eigenvalue weighted by atomic mass is 10.1. The van der Waals surface area contributed by atoms with Gasteiger partial charge in [0.15, 0.2) is 5.82 Å². The van der Waals surface area contributed by atoms with Crippen LogP contribution in [0.2, 0.25) is 0 Å². The Hall–Kier alpha value is -3.22. The van der Waals surface area contributed by atoms with Gasteiger partial charge in [0.25, 0.3) is 0 Å². The van der Waals surface area contributed by atoms with Crippen LogP contribution in [0.25, 0.3) is 34.1 Å². The van der Waals surface area contributed by atoms with E-state index in [1.54, 1.807) is 13.8 Å². The molecule has 160 valence electrons. The summed E-state index contributed by atoms with van der Waals surface area (Å²) in [6, 6.07) is 16.3. The van der Waals surface area contributed by atoms with E-state index in [1.165, 1.54) is 0 Å². The molecule has 31 heavy (non-hydrogen) atoms. The first-order chi connectivity index (χ1) is 14.9. The Morgan fingerprint density at radius 2 is 1.81 bits per heavy atom. The quantitative estimate of drug-likeness (QED) is 0.429. The number of aromatic nitrogens is 3. The van der Waals surface area contributed by atoms with Crippen molar-refractivity contribution in [3.63, 3.8) is 0 Å². The minimum Gasteiger partial charge on any atom is -0.389 e. The summed E-state index contributed by atoms with van der Waals surface area (Å²) in [4.78, 5) is 9.30. The van der Waals surface area contributed by atoms with Crippen molar-refractivity contribution in [2.24, 2.45) is 0 Å². The molecule has 0 atom stereocenters. The molecular formula is C25H28N4O2. The summed E-state index contributed by atoms with van der Waals surface area (Å²) in [7, 11) is 0. The second kappa shape index (κ2) is 8.49. The first-order valence-corrected chi connectivity index (χ1v) is 10.5. The topological polar surface area (TPSA) is 86.2 Å². The third-order valence-electron chi connectivity index (χ3n) is 5.05. The monoisotopic (exact) mass is 416 g/mol. The number of anilines is 1. The van der Waals surface area contributed by atoms with Crippen LogP contribution in [0, 0.1) is 0 Å². The summed E-state index contributed by atoms with van der Waals surface area (Å²) in [5.41, 5.74) is 9.82. The van der Waals surface area contributed by atoms with Crippen molar-refractivity contribution in [2.45, 2.75) is 39.5 Å². The number of fused-ring (bicyclic) bond motifs is 3. The van der Waals surface area contributed by atoms with Crippen molar-refractivity contribution in [1.82, 2.24) is 14.5 Å². The number of pyridine rings is 1. The Kier molecular flexibility index (Phi) is 5.76. The van der Waals surface area contributed by atoms with E-state index in [1.807, 2.05) is 41.8 Å². The molecule has 0 aliphatic heterocycles. The lowest BCUT2D eigenvalue weighted by Crippen LogP contribution is -2.27. The third kappa shape index (κ3) is 4.60. The maximum atomic E-state index is 10.6. The van der Waals surface area contributed by atoms with Gasteiger partial charge in [-0.2, -0.15) is 0 Å². The van der Waals surface area contributed by atoms with E-state index in [2.05, 4.69) is 35.3 Å². The van der Waals surface area contributed by atoms with Gasteiger partial charge in [0.2, 0.25) is 0 Å². The molecule has 2 heterocycles. The van der Waals surface area contributed by atoms with Gasteiger partial charge in [-0.1, -0.05) is 48.6 Å². The number of rotatable bonds is 7. The summed E-state index contributed by atoms with van der Waals surface area (Å²) in [6.45, 7) is 6.80. The van der Waals surface area contributed by atoms with Crippen LogP contribution in [0.4, 0.5) is 5.82 Å². The molecule has 0 amide bonds. The Balaban J connectivity index is 1.90. The van der Waals surface area contributed by atoms with E-state index < -0.39 is 5.60 Å². The molecule has 0 aliphatic rings. The maximum absolute atomic E-state index is 10.6. The number of nitrogens with zero attached hydrogens (tertiary/aromatic N) is 3. The number of hydrogen-bond acceptors (Lipinski definition) is 5. The van der Waals surface area contributed by atoms with Gasteiger partial charge >= 0.3 is 0 Å². The van der Waals surface area contributed by atoms with Crippen LogP contribution in [0.1, 0.15) is 37.7 Å². The van der Waals surface area contributed by atoms with Crippen LogP contribution in [-0.4, -0.2) is 31.8 Å². The van der Waals surface area contributed by atoms with Crippen molar-refractivity contribution < 1.29 is 9.84 Å². The molecule has 2 aromatic heterocycles. The number of imidazole rings is 1. The van der Waals surface area contributed by atoms with E-state index in [0.29, 0.717) is 31.1 Å². The van der Waals surface area contributed by atoms with Gasteiger partial charge in [-0.3, -0.25) is 0 Å². The standard InChI is InChI=1S/C25H28N4O2/c1-4-31-15-21-28-22-23(29(21)16-25(2,3)30)19-14-18(12-13-20(19)27-24(22)26)11-10-17-8-6-5-7-9-17/h5-14,30H,4,15-16H2,1-3H3,(H2,26,27). The highest BCUT2D eigenvalue weighted by molar-refractivity contribution is 6.07. The summed E-state index contributed by atoms with van der Waals surface area (Å²) >= 11 is 0. The summed E-state index contributed by atoms with van der Waals surface area (Å²) in [5.74, 6) is 1.10. The zero-order chi connectivity index (χ0) is 22.0. The molecule has 0 aliphatic carbocycles. The highest BCUT2D eigenvalue weighted by Gasteiger charge is 2.22. The fraction of sp³-hybridized carbons (Fsp3) is 0.280. The lowest BCUT2D eigenvalue weighted by Gasteiger charge is -2.20. The molecule has 3 N–H and O–H groups in total. The Labute approximate surface area is 182 Å². The fourth-order valence-corrected chi connectivity index (χ4v) is 3.70. The molecule has 0 radical (unpaired) electrons. The van der Waals surface area contributed by atoms with Crippen LogP contribution in [-0.2, 0) is 17.9 Å².